The van der Waals surface area contributed by atoms with Crippen LogP contribution in [0.4, 0.5) is 0 Å². The Morgan fingerprint density at radius 3 is 1.07 bits per heavy atom. The van der Waals surface area contributed by atoms with Crippen molar-refractivity contribution in [3.63, 3.8) is 0 Å². The van der Waals surface area contributed by atoms with Crippen LogP contribution in [0.3, 0.4) is 0 Å². The van der Waals surface area contributed by atoms with E-state index in [4.69, 9.17) is 0 Å². The van der Waals surface area contributed by atoms with E-state index < -0.39 is 0 Å². The van der Waals surface area contributed by atoms with E-state index in [9.17, 15) is 0 Å². The monoisotopic (exact) mass is 653 g/mol. The van der Waals surface area contributed by atoms with E-state index in [0.29, 0.717) is 0 Å². The molecule has 1 unspecified atom stereocenters. The molecule has 0 aromatic rings. The van der Waals surface area contributed by atoms with Gasteiger partial charge in [-0.2, -0.15) is 0 Å². The second-order valence-corrected chi connectivity index (χ2v) is 14.7. The maximum Gasteiger partial charge on any atom is 0.247 e. The minimum atomic E-state index is 0. The van der Waals surface area contributed by atoms with Crippen molar-refractivity contribution in [3.05, 3.63) is 0 Å². The number of hydrogen-bond acceptors (Lipinski definition) is 1. The lowest BCUT2D eigenvalue weighted by molar-refractivity contribution is -0.518. The number of halogens is 1. The second kappa shape index (κ2) is 35.1. The van der Waals surface area contributed by atoms with Gasteiger partial charge in [-0.05, 0) is 33.1 Å². The summed E-state index contributed by atoms with van der Waals surface area (Å²) in [6.45, 7) is 13.1. The highest BCUT2D eigenvalue weighted by Crippen LogP contribution is 2.22. The maximum atomic E-state index is 2.80. The molecular weight excluding hydrogens is 568 g/mol. The van der Waals surface area contributed by atoms with Gasteiger partial charge in [0.25, 0.3) is 0 Å². The van der Waals surface area contributed by atoms with Gasteiger partial charge in [0.15, 0.2) is 0 Å². The summed E-state index contributed by atoms with van der Waals surface area (Å²) in [5.41, 5.74) is 0. The molecule has 1 rings (SSSR count). The third-order valence-corrected chi connectivity index (χ3v) is 10.7. The zero-order chi connectivity index (χ0) is 31.8. The standard InChI is InChI=1S/C42H85N2.ClH/c1-5-9-11-13-15-17-19-21-23-25-26-28-30-32-34-36-38-41-40-43(7-3)42(44(41)8-4)39-37-35-33-31-29-27-24-22-20-18-16-14-12-10-6-2;/h41H,5-40H2,1-4H3;1H/q+1;/p-1. The summed E-state index contributed by atoms with van der Waals surface area (Å²) in [5.74, 6) is 1.69. The molecule has 0 saturated carbocycles. The SMILES string of the molecule is CCCCCCCCCCCCCCCCCCC1C[N+](CC)=C(CCCCCCCCCCCCCCCCC)N1CC.[Cl-]. The number of rotatable bonds is 35. The number of hydrogen-bond donors (Lipinski definition) is 0. The maximum absolute atomic E-state index is 2.80. The Morgan fingerprint density at radius 2 is 0.756 bits per heavy atom. The van der Waals surface area contributed by atoms with Crippen LogP contribution in [-0.4, -0.2) is 41.0 Å². The topological polar surface area (TPSA) is 6.25 Å². The largest absolute Gasteiger partial charge is 1.00 e. The summed E-state index contributed by atoms with van der Waals surface area (Å²) < 4.78 is 2.73. The molecule has 2 nitrogen and oxygen atoms in total. The fraction of sp³-hybridized carbons (Fsp3) is 0.976. The Kier molecular flexibility index (Phi) is 34.9. The molecule has 1 atom stereocenters. The first kappa shape index (κ1) is 44.8. The molecule has 0 aromatic heterocycles. The van der Waals surface area contributed by atoms with E-state index in [-0.39, 0.29) is 12.4 Å². The Morgan fingerprint density at radius 1 is 0.444 bits per heavy atom. The predicted molar refractivity (Wildman–Crippen MR) is 201 cm³/mol. The van der Waals surface area contributed by atoms with Crippen LogP contribution in [0.2, 0.25) is 0 Å². The minimum absolute atomic E-state index is 0. The van der Waals surface area contributed by atoms with Crippen molar-refractivity contribution in [2.24, 2.45) is 0 Å². The van der Waals surface area contributed by atoms with Crippen LogP contribution in [0.1, 0.15) is 240 Å². The molecule has 0 radical (unpaired) electrons. The molecule has 0 saturated heterocycles. The fourth-order valence-electron chi connectivity index (χ4n) is 7.73. The lowest BCUT2D eigenvalue weighted by atomic mass is 10.0. The van der Waals surface area contributed by atoms with Gasteiger partial charge in [0, 0.05) is 6.42 Å². The first-order chi connectivity index (χ1) is 21.8. The predicted octanol–water partition coefficient (Wildman–Crippen LogP) is 11.0. The fourth-order valence-corrected chi connectivity index (χ4v) is 7.73. The third-order valence-electron chi connectivity index (χ3n) is 10.7. The number of nitrogens with zero attached hydrogens (tertiary/aromatic N) is 2. The Labute approximate surface area is 292 Å². The number of likely N-dealkylation sites (N-methyl/N-ethyl adjacent to an activating group) is 2. The van der Waals surface area contributed by atoms with Crippen molar-refractivity contribution in [2.75, 3.05) is 19.6 Å². The molecule has 270 valence electrons. The van der Waals surface area contributed by atoms with E-state index in [2.05, 4.69) is 37.2 Å². The van der Waals surface area contributed by atoms with Gasteiger partial charge in [0.1, 0.15) is 12.6 Å². The lowest BCUT2D eigenvalue weighted by Gasteiger charge is -2.19. The normalized spacial score (nSPS) is 14.9. The van der Waals surface area contributed by atoms with E-state index >= 15 is 0 Å². The first-order valence-corrected chi connectivity index (χ1v) is 21.2. The van der Waals surface area contributed by atoms with Crippen molar-refractivity contribution >= 4 is 5.84 Å². The van der Waals surface area contributed by atoms with Gasteiger partial charge in [-0.15, -0.1) is 0 Å². The third kappa shape index (κ3) is 25.4. The summed E-state index contributed by atoms with van der Waals surface area (Å²) in [6.07, 6.45) is 47.9. The highest BCUT2D eigenvalue weighted by atomic mass is 35.5. The van der Waals surface area contributed by atoms with E-state index in [1.54, 1.807) is 5.84 Å². The van der Waals surface area contributed by atoms with Crippen LogP contribution in [0.15, 0.2) is 0 Å². The molecule has 0 amide bonds. The summed E-state index contributed by atoms with van der Waals surface area (Å²) in [6, 6.07) is 0.776. The number of unbranched alkanes of at least 4 members (excludes halogenated alkanes) is 29. The number of amidine groups is 1. The zero-order valence-electron chi connectivity index (χ0n) is 31.8. The van der Waals surface area contributed by atoms with Crippen LogP contribution in [0, 0.1) is 0 Å². The molecule has 3 heteroatoms. The van der Waals surface area contributed by atoms with Crippen molar-refractivity contribution in [1.82, 2.24) is 4.90 Å². The zero-order valence-corrected chi connectivity index (χ0v) is 32.6. The average molecular weight is 654 g/mol. The molecule has 1 aliphatic heterocycles. The van der Waals surface area contributed by atoms with Crippen LogP contribution in [-0.2, 0) is 0 Å². The van der Waals surface area contributed by atoms with Gasteiger partial charge in [-0.1, -0.05) is 200 Å². The van der Waals surface area contributed by atoms with Crippen molar-refractivity contribution in [3.8, 4) is 0 Å². The molecule has 0 aromatic carbocycles. The summed E-state index contributed by atoms with van der Waals surface area (Å²) >= 11 is 0. The minimum Gasteiger partial charge on any atom is -1.00 e. The second-order valence-electron chi connectivity index (χ2n) is 14.7. The summed E-state index contributed by atoms with van der Waals surface area (Å²) in [5, 5.41) is 0. The van der Waals surface area contributed by atoms with Gasteiger partial charge in [-0.3, -0.25) is 9.48 Å². The van der Waals surface area contributed by atoms with Gasteiger partial charge in [0.05, 0.1) is 13.1 Å². The van der Waals surface area contributed by atoms with E-state index in [1.165, 1.54) is 232 Å². The molecular formula is C42H85ClN2. The Hall–Kier alpha value is -0.240. The molecule has 0 fully saturated rings. The van der Waals surface area contributed by atoms with Crippen LogP contribution < -0.4 is 12.4 Å². The average Bonchev–Trinajstić information content (AvgIpc) is 3.38. The van der Waals surface area contributed by atoms with Gasteiger partial charge in [0.2, 0.25) is 5.84 Å². The highest BCUT2D eigenvalue weighted by molar-refractivity contribution is 5.78. The first-order valence-electron chi connectivity index (χ1n) is 21.2. The molecule has 1 heterocycles. The van der Waals surface area contributed by atoms with Gasteiger partial charge < -0.3 is 12.4 Å². The molecule has 0 spiro atoms. The smallest absolute Gasteiger partial charge is 0.247 e. The lowest BCUT2D eigenvalue weighted by Crippen LogP contribution is -3.00. The van der Waals surface area contributed by atoms with Crippen LogP contribution in [0.5, 0.6) is 0 Å². The van der Waals surface area contributed by atoms with E-state index in [0.717, 1.165) is 6.04 Å². The summed E-state index contributed by atoms with van der Waals surface area (Å²) in [4.78, 5) is 2.80. The van der Waals surface area contributed by atoms with Gasteiger partial charge >= 0.3 is 0 Å². The van der Waals surface area contributed by atoms with Crippen molar-refractivity contribution in [2.45, 2.75) is 246 Å². The molecule has 45 heavy (non-hydrogen) atoms. The van der Waals surface area contributed by atoms with Gasteiger partial charge in [-0.25, -0.2) is 0 Å². The Bertz CT molecular complexity index is 618. The van der Waals surface area contributed by atoms with Crippen molar-refractivity contribution < 1.29 is 17.0 Å². The van der Waals surface area contributed by atoms with Crippen LogP contribution in [0.25, 0.3) is 0 Å². The van der Waals surface area contributed by atoms with E-state index in [1.807, 2.05) is 0 Å². The highest BCUT2D eigenvalue weighted by Gasteiger charge is 2.36. The molecule has 1 aliphatic rings. The molecule has 0 bridgehead atoms. The Balaban J connectivity index is 0.0000194. The van der Waals surface area contributed by atoms with Crippen molar-refractivity contribution in [1.29, 1.82) is 0 Å². The quantitative estimate of drug-likeness (QED) is 0.0487. The molecule has 0 aliphatic carbocycles. The van der Waals surface area contributed by atoms with Crippen LogP contribution >= 0.6 is 0 Å². The summed E-state index contributed by atoms with van der Waals surface area (Å²) in [7, 11) is 0. The molecule has 0 N–H and O–H groups in total.